The van der Waals surface area contributed by atoms with Crippen molar-refractivity contribution in [3.63, 3.8) is 0 Å². The lowest BCUT2D eigenvalue weighted by Gasteiger charge is -2.27. The van der Waals surface area contributed by atoms with Gasteiger partial charge in [0.2, 0.25) is 0 Å². The Morgan fingerprint density at radius 2 is 1.85 bits per heavy atom. The zero-order valence-corrected chi connectivity index (χ0v) is 16.6. The summed E-state index contributed by atoms with van der Waals surface area (Å²) in [7, 11) is 0. The van der Waals surface area contributed by atoms with Gasteiger partial charge in [-0.25, -0.2) is 4.98 Å². The lowest BCUT2D eigenvalue weighted by atomic mass is 10.1. The van der Waals surface area contributed by atoms with Crippen molar-refractivity contribution in [3.8, 4) is 0 Å². The summed E-state index contributed by atoms with van der Waals surface area (Å²) in [6.45, 7) is 7.34. The zero-order chi connectivity index (χ0) is 19.4. The summed E-state index contributed by atoms with van der Waals surface area (Å²) in [5.41, 5.74) is 3.12. The minimum absolute atomic E-state index is 0.0212. The third-order valence-electron chi connectivity index (χ3n) is 4.69. The summed E-state index contributed by atoms with van der Waals surface area (Å²) in [4.78, 5) is 19.3. The molecule has 0 aliphatic heterocycles. The fourth-order valence-electron chi connectivity index (χ4n) is 3.01. The Kier molecular flexibility index (Phi) is 5.97. The van der Waals surface area contributed by atoms with E-state index in [9.17, 15) is 4.79 Å². The summed E-state index contributed by atoms with van der Waals surface area (Å²) < 4.78 is 2.10. The second kappa shape index (κ2) is 8.40. The first-order valence-corrected chi connectivity index (χ1v) is 9.44. The van der Waals surface area contributed by atoms with Crippen LogP contribution in [0.5, 0.6) is 0 Å². The summed E-state index contributed by atoms with van der Waals surface area (Å²) in [6.07, 6.45) is 3.76. The molecule has 0 radical (unpaired) electrons. The Morgan fingerprint density at radius 3 is 2.52 bits per heavy atom. The molecule has 0 spiro atoms. The summed E-state index contributed by atoms with van der Waals surface area (Å²) in [5.74, 6) is 0.848. The van der Waals surface area contributed by atoms with Crippen LogP contribution >= 0.6 is 11.6 Å². The molecule has 3 rings (SSSR count). The lowest BCUT2D eigenvalue weighted by molar-refractivity contribution is 0.0683. The molecule has 0 fully saturated rings. The van der Waals surface area contributed by atoms with Crippen LogP contribution in [0.1, 0.15) is 41.2 Å². The fourth-order valence-corrected chi connectivity index (χ4v) is 3.13. The van der Waals surface area contributed by atoms with Gasteiger partial charge < -0.3 is 9.47 Å². The monoisotopic (exact) mass is 381 g/mol. The first kappa shape index (κ1) is 19.2. The van der Waals surface area contributed by atoms with Crippen molar-refractivity contribution in [2.24, 2.45) is 0 Å². The molecule has 1 amide bonds. The molecule has 140 valence electrons. The molecule has 4 nitrogen and oxygen atoms in total. The van der Waals surface area contributed by atoms with Crippen molar-refractivity contribution in [2.75, 3.05) is 0 Å². The molecule has 0 bridgehead atoms. The molecule has 0 N–H and O–H groups in total. The molecule has 0 aliphatic carbocycles. The molecule has 0 unspecified atom stereocenters. The molecule has 0 aliphatic rings. The highest BCUT2D eigenvalue weighted by molar-refractivity contribution is 6.30. The molecular weight excluding hydrogens is 358 g/mol. The third-order valence-corrected chi connectivity index (χ3v) is 4.94. The van der Waals surface area contributed by atoms with E-state index in [0.717, 1.165) is 12.4 Å². The molecule has 27 heavy (non-hydrogen) atoms. The van der Waals surface area contributed by atoms with Gasteiger partial charge in [-0.2, -0.15) is 0 Å². The maximum atomic E-state index is 13.0. The van der Waals surface area contributed by atoms with Crippen molar-refractivity contribution >= 4 is 17.5 Å². The van der Waals surface area contributed by atoms with Crippen LogP contribution in [-0.4, -0.2) is 26.4 Å². The second-order valence-corrected chi connectivity index (χ2v) is 7.37. The van der Waals surface area contributed by atoms with Gasteiger partial charge in [0.15, 0.2) is 0 Å². The van der Waals surface area contributed by atoms with Gasteiger partial charge in [0.1, 0.15) is 5.82 Å². The number of nitrogens with zero attached hydrogens (tertiary/aromatic N) is 3. The Balaban J connectivity index is 1.82. The lowest BCUT2D eigenvalue weighted by Crippen LogP contribution is -2.37. The molecule has 1 heterocycles. The van der Waals surface area contributed by atoms with Crippen molar-refractivity contribution in [1.29, 1.82) is 0 Å². The highest BCUT2D eigenvalue weighted by Gasteiger charge is 2.21. The number of halogens is 1. The van der Waals surface area contributed by atoms with E-state index >= 15 is 0 Å². The van der Waals surface area contributed by atoms with Crippen LogP contribution in [-0.2, 0) is 13.1 Å². The average molecular weight is 382 g/mol. The Hall–Kier alpha value is -2.59. The molecular formula is C22H24ClN3O. The normalized spacial score (nSPS) is 11.0. The van der Waals surface area contributed by atoms with Crippen LogP contribution in [0.3, 0.4) is 0 Å². The van der Waals surface area contributed by atoms with Gasteiger partial charge in [-0.3, -0.25) is 4.79 Å². The molecule has 0 atom stereocenters. The van der Waals surface area contributed by atoms with Crippen molar-refractivity contribution in [2.45, 2.75) is 39.9 Å². The number of aromatic nitrogens is 2. The minimum atomic E-state index is -0.0212. The second-order valence-electron chi connectivity index (χ2n) is 6.93. The highest BCUT2D eigenvalue weighted by Crippen LogP contribution is 2.17. The maximum Gasteiger partial charge on any atom is 0.254 e. The molecule has 5 heteroatoms. The van der Waals surface area contributed by atoms with E-state index in [2.05, 4.69) is 28.6 Å². The molecule has 0 saturated heterocycles. The molecule has 3 aromatic rings. The number of benzene rings is 2. The van der Waals surface area contributed by atoms with Gasteiger partial charge in [0.25, 0.3) is 5.91 Å². The smallest absolute Gasteiger partial charge is 0.254 e. The number of hydrogen-bond acceptors (Lipinski definition) is 2. The van der Waals surface area contributed by atoms with E-state index < -0.39 is 0 Å². The van der Waals surface area contributed by atoms with Gasteiger partial charge in [0.05, 0.1) is 6.54 Å². The highest BCUT2D eigenvalue weighted by atomic mass is 35.5. The third kappa shape index (κ3) is 4.58. The van der Waals surface area contributed by atoms with Gasteiger partial charge in [-0.1, -0.05) is 35.9 Å². The molecule has 2 aromatic carbocycles. The number of aryl methyl sites for hydroxylation is 1. The predicted octanol–water partition coefficient (Wildman–Crippen LogP) is 4.94. The number of amides is 1. The topological polar surface area (TPSA) is 38.1 Å². The standard InChI is InChI=1S/C22H24ClN3O/c1-16(2)26(22(27)18-8-10-20(23)11-9-18)15-21-24-12-13-25(21)14-19-7-5-4-6-17(19)3/h4-13,16H,14-15H2,1-3H3. The van der Waals surface area contributed by atoms with Crippen LogP contribution in [0.2, 0.25) is 5.02 Å². The number of carbonyl (C=O) groups is 1. The van der Waals surface area contributed by atoms with Crippen molar-refractivity contribution in [3.05, 3.63) is 88.5 Å². The largest absolute Gasteiger partial charge is 0.329 e. The fraction of sp³-hybridized carbons (Fsp3) is 0.273. The zero-order valence-electron chi connectivity index (χ0n) is 15.9. The quantitative estimate of drug-likeness (QED) is 0.606. The van der Waals surface area contributed by atoms with Gasteiger partial charge >= 0.3 is 0 Å². The minimum Gasteiger partial charge on any atom is -0.329 e. The maximum absolute atomic E-state index is 13.0. The van der Waals surface area contributed by atoms with Gasteiger partial charge in [-0.05, 0) is 56.2 Å². The predicted molar refractivity (Wildman–Crippen MR) is 109 cm³/mol. The Bertz CT molecular complexity index is 915. The van der Waals surface area contributed by atoms with E-state index in [1.807, 2.05) is 37.1 Å². The van der Waals surface area contributed by atoms with Crippen molar-refractivity contribution in [1.82, 2.24) is 14.5 Å². The SMILES string of the molecule is Cc1ccccc1Cn1ccnc1CN(C(=O)c1ccc(Cl)cc1)C(C)C. The first-order chi connectivity index (χ1) is 13.0. The summed E-state index contributed by atoms with van der Waals surface area (Å²) in [5, 5.41) is 0.622. The van der Waals surface area contributed by atoms with E-state index in [-0.39, 0.29) is 11.9 Å². The van der Waals surface area contributed by atoms with Crippen LogP contribution < -0.4 is 0 Å². The molecule has 1 aromatic heterocycles. The average Bonchev–Trinajstić information content (AvgIpc) is 3.08. The first-order valence-electron chi connectivity index (χ1n) is 9.06. The van der Waals surface area contributed by atoms with E-state index in [4.69, 9.17) is 11.6 Å². The van der Waals surface area contributed by atoms with E-state index in [0.29, 0.717) is 17.1 Å². The number of rotatable bonds is 6. The Morgan fingerprint density at radius 1 is 1.15 bits per heavy atom. The van der Waals surface area contributed by atoms with Crippen LogP contribution in [0.15, 0.2) is 60.9 Å². The van der Waals surface area contributed by atoms with Gasteiger partial charge in [-0.15, -0.1) is 0 Å². The van der Waals surface area contributed by atoms with Crippen LogP contribution in [0.4, 0.5) is 0 Å². The summed E-state index contributed by atoms with van der Waals surface area (Å²) in [6, 6.07) is 15.4. The van der Waals surface area contributed by atoms with Crippen LogP contribution in [0, 0.1) is 6.92 Å². The number of carbonyl (C=O) groups excluding carboxylic acids is 1. The van der Waals surface area contributed by atoms with Crippen molar-refractivity contribution < 1.29 is 4.79 Å². The summed E-state index contributed by atoms with van der Waals surface area (Å²) >= 11 is 5.95. The number of hydrogen-bond donors (Lipinski definition) is 0. The van der Waals surface area contributed by atoms with E-state index in [1.165, 1.54) is 11.1 Å². The Labute approximate surface area is 165 Å². The molecule has 0 saturated carbocycles. The van der Waals surface area contributed by atoms with Crippen LogP contribution in [0.25, 0.3) is 0 Å². The van der Waals surface area contributed by atoms with E-state index in [1.54, 1.807) is 30.5 Å². The van der Waals surface area contributed by atoms with Gasteiger partial charge in [0, 0.05) is 35.6 Å². The number of imidazole rings is 1.